The van der Waals surface area contributed by atoms with Crippen molar-refractivity contribution in [3.05, 3.63) is 0 Å². The van der Waals surface area contributed by atoms with E-state index in [1.807, 2.05) is 0 Å². The lowest BCUT2D eigenvalue weighted by Gasteiger charge is -2.22. The summed E-state index contributed by atoms with van der Waals surface area (Å²) in [5, 5.41) is 6.47. The first kappa shape index (κ1) is 10.9. The van der Waals surface area contributed by atoms with E-state index in [2.05, 4.69) is 17.6 Å². The zero-order valence-electron chi connectivity index (χ0n) is 9.64. The Bertz CT molecular complexity index is 230. The van der Waals surface area contributed by atoms with Gasteiger partial charge in [-0.2, -0.15) is 0 Å². The third-order valence-corrected chi connectivity index (χ3v) is 3.68. The van der Waals surface area contributed by atoms with Gasteiger partial charge in [0.05, 0.1) is 0 Å². The van der Waals surface area contributed by atoms with Gasteiger partial charge >= 0.3 is 0 Å². The molecule has 1 aliphatic carbocycles. The normalized spacial score (nSPS) is 24.9. The van der Waals surface area contributed by atoms with Crippen molar-refractivity contribution in [2.24, 2.45) is 5.92 Å². The Morgan fingerprint density at radius 2 is 2.07 bits per heavy atom. The van der Waals surface area contributed by atoms with Crippen LogP contribution in [0.4, 0.5) is 0 Å². The Morgan fingerprint density at radius 1 is 1.40 bits per heavy atom. The molecular formula is C12H22N2O. The molecule has 0 unspecified atom stereocenters. The highest BCUT2D eigenvalue weighted by Gasteiger charge is 2.38. The van der Waals surface area contributed by atoms with Crippen molar-refractivity contribution < 1.29 is 4.79 Å². The molecule has 15 heavy (non-hydrogen) atoms. The smallest absolute Gasteiger partial charge is 0.220 e. The van der Waals surface area contributed by atoms with Gasteiger partial charge < -0.3 is 10.6 Å². The predicted molar refractivity (Wildman–Crippen MR) is 60.6 cm³/mol. The maximum atomic E-state index is 11.6. The number of amides is 1. The first-order valence-corrected chi connectivity index (χ1v) is 6.20. The molecule has 0 atom stereocenters. The van der Waals surface area contributed by atoms with E-state index >= 15 is 0 Å². The van der Waals surface area contributed by atoms with Crippen molar-refractivity contribution in [3.8, 4) is 0 Å². The average molecular weight is 210 g/mol. The molecule has 1 amide bonds. The second kappa shape index (κ2) is 4.52. The molecule has 1 aliphatic heterocycles. The molecule has 0 aromatic heterocycles. The summed E-state index contributed by atoms with van der Waals surface area (Å²) in [5.41, 5.74) is 0.158. The van der Waals surface area contributed by atoms with Gasteiger partial charge in [-0.15, -0.1) is 0 Å². The number of hydrogen-bond acceptors (Lipinski definition) is 2. The van der Waals surface area contributed by atoms with Crippen molar-refractivity contribution in [3.63, 3.8) is 0 Å². The third-order valence-electron chi connectivity index (χ3n) is 3.68. The van der Waals surface area contributed by atoms with Gasteiger partial charge in [-0.25, -0.2) is 0 Å². The Hall–Kier alpha value is -0.570. The SMILES string of the molecule is CC1(NC(=O)CCC2CCNCC2)CC1. The van der Waals surface area contributed by atoms with Gasteiger partial charge in [0.1, 0.15) is 0 Å². The van der Waals surface area contributed by atoms with Gasteiger partial charge in [0.2, 0.25) is 5.91 Å². The number of nitrogens with one attached hydrogen (secondary N) is 2. The lowest BCUT2D eigenvalue weighted by atomic mass is 9.93. The first-order chi connectivity index (χ1) is 7.18. The van der Waals surface area contributed by atoms with Crippen molar-refractivity contribution in [1.82, 2.24) is 10.6 Å². The number of rotatable bonds is 4. The van der Waals surface area contributed by atoms with E-state index < -0.39 is 0 Å². The highest BCUT2D eigenvalue weighted by atomic mass is 16.1. The second-order valence-electron chi connectivity index (χ2n) is 5.34. The van der Waals surface area contributed by atoms with E-state index in [9.17, 15) is 4.79 Å². The summed E-state index contributed by atoms with van der Waals surface area (Å²) in [6.07, 6.45) is 6.59. The monoisotopic (exact) mass is 210 g/mol. The molecule has 0 spiro atoms. The van der Waals surface area contributed by atoms with Gasteiger partial charge in [0.15, 0.2) is 0 Å². The summed E-state index contributed by atoms with van der Waals surface area (Å²) in [7, 11) is 0. The molecule has 0 aromatic rings. The zero-order chi connectivity index (χ0) is 10.7. The molecule has 0 bridgehead atoms. The summed E-state index contributed by atoms with van der Waals surface area (Å²) in [4.78, 5) is 11.6. The number of carbonyl (C=O) groups excluding carboxylic acids is 1. The van der Waals surface area contributed by atoms with Crippen LogP contribution in [0.5, 0.6) is 0 Å². The second-order valence-corrected chi connectivity index (χ2v) is 5.34. The van der Waals surface area contributed by atoms with E-state index in [1.54, 1.807) is 0 Å². The van der Waals surface area contributed by atoms with Crippen molar-refractivity contribution in [2.75, 3.05) is 13.1 Å². The number of carbonyl (C=O) groups is 1. The molecule has 1 saturated heterocycles. The van der Waals surface area contributed by atoms with Crippen LogP contribution in [0.15, 0.2) is 0 Å². The van der Waals surface area contributed by atoms with Crippen LogP contribution < -0.4 is 10.6 Å². The van der Waals surface area contributed by atoms with Crippen LogP contribution in [-0.2, 0) is 4.79 Å². The van der Waals surface area contributed by atoms with Crippen LogP contribution in [0.2, 0.25) is 0 Å². The molecule has 0 aromatic carbocycles. The molecule has 86 valence electrons. The highest BCUT2D eigenvalue weighted by Crippen LogP contribution is 2.34. The Balaban J connectivity index is 1.61. The third kappa shape index (κ3) is 3.49. The summed E-state index contributed by atoms with van der Waals surface area (Å²) in [6.45, 7) is 4.39. The summed E-state index contributed by atoms with van der Waals surface area (Å²) in [6, 6.07) is 0. The Labute approximate surface area is 92.0 Å². The first-order valence-electron chi connectivity index (χ1n) is 6.20. The Kier molecular flexibility index (Phi) is 3.29. The fourth-order valence-electron chi connectivity index (χ4n) is 2.22. The quantitative estimate of drug-likeness (QED) is 0.737. The standard InChI is InChI=1S/C12H22N2O/c1-12(6-7-12)14-11(15)3-2-10-4-8-13-9-5-10/h10,13H,2-9H2,1H3,(H,14,15). The lowest BCUT2D eigenvalue weighted by Crippen LogP contribution is -2.35. The topological polar surface area (TPSA) is 41.1 Å². The van der Waals surface area contributed by atoms with E-state index in [0.717, 1.165) is 44.7 Å². The summed E-state index contributed by atoms with van der Waals surface area (Å²) in [5.74, 6) is 1.03. The minimum atomic E-state index is 0.158. The van der Waals surface area contributed by atoms with Gasteiger partial charge in [-0.05, 0) is 58.0 Å². The van der Waals surface area contributed by atoms with E-state index in [0.29, 0.717) is 0 Å². The minimum absolute atomic E-state index is 0.158. The Morgan fingerprint density at radius 3 is 2.67 bits per heavy atom. The molecule has 3 heteroatoms. The van der Waals surface area contributed by atoms with Gasteiger partial charge in [-0.1, -0.05) is 0 Å². The minimum Gasteiger partial charge on any atom is -0.351 e. The molecular weight excluding hydrogens is 188 g/mol. The fourth-order valence-corrected chi connectivity index (χ4v) is 2.22. The lowest BCUT2D eigenvalue weighted by molar-refractivity contribution is -0.122. The molecule has 2 rings (SSSR count). The van der Waals surface area contributed by atoms with Crippen LogP contribution >= 0.6 is 0 Å². The molecule has 1 saturated carbocycles. The largest absolute Gasteiger partial charge is 0.351 e. The molecule has 0 radical (unpaired) electrons. The van der Waals surface area contributed by atoms with Gasteiger partial charge in [0, 0.05) is 12.0 Å². The van der Waals surface area contributed by atoms with E-state index in [4.69, 9.17) is 0 Å². The van der Waals surface area contributed by atoms with E-state index in [-0.39, 0.29) is 11.4 Å². The van der Waals surface area contributed by atoms with Crippen LogP contribution in [0.1, 0.15) is 45.4 Å². The predicted octanol–water partition coefficient (Wildman–Crippen LogP) is 1.43. The number of hydrogen-bond donors (Lipinski definition) is 2. The zero-order valence-corrected chi connectivity index (χ0v) is 9.64. The van der Waals surface area contributed by atoms with Crippen molar-refractivity contribution in [2.45, 2.75) is 51.0 Å². The van der Waals surface area contributed by atoms with Crippen LogP contribution in [0, 0.1) is 5.92 Å². The van der Waals surface area contributed by atoms with Gasteiger partial charge in [-0.3, -0.25) is 4.79 Å². The van der Waals surface area contributed by atoms with Crippen LogP contribution in [0.3, 0.4) is 0 Å². The molecule has 2 N–H and O–H groups in total. The molecule has 2 fully saturated rings. The van der Waals surface area contributed by atoms with Gasteiger partial charge in [0.25, 0.3) is 0 Å². The van der Waals surface area contributed by atoms with Crippen molar-refractivity contribution >= 4 is 5.91 Å². The molecule has 3 nitrogen and oxygen atoms in total. The molecule has 2 aliphatic rings. The van der Waals surface area contributed by atoms with E-state index in [1.165, 1.54) is 12.8 Å². The van der Waals surface area contributed by atoms with Crippen LogP contribution in [0.25, 0.3) is 0 Å². The van der Waals surface area contributed by atoms with Crippen LogP contribution in [-0.4, -0.2) is 24.5 Å². The maximum absolute atomic E-state index is 11.6. The summed E-state index contributed by atoms with van der Waals surface area (Å²) >= 11 is 0. The highest BCUT2D eigenvalue weighted by molar-refractivity contribution is 5.77. The maximum Gasteiger partial charge on any atom is 0.220 e. The fraction of sp³-hybridized carbons (Fsp3) is 0.917. The number of piperidine rings is 1. The molecule has 1 heterocycles. The average Bonchev–Trinajstić information content (AvgIpc) is 2.95. The summed E-state index contributed by atoms with van der Waals surface area (Å²) < 4.78 is 0. The van der Waals surface area contributed by atoms with Crippen molar-refractivity contribution in [1.29, 1.82) is 0 Å².